The minimum absolute atomic E-state index is 0. The molecule has 0 bridgehead atoms. The summed E-state index contributed by atoms with van der Waals surface area (Å²) in [7, 11) is 0. The van der Waals surface area contributed by atoms with Crippen LogP contribution in [0.1, 0.15) is 17.5 Å². The standard InChI is InChI=1S/3C13H8F3N5.Tb/c3*14-13(15,16)12-19-11(20-21-12)10-6-3-5-9(18-10)8-4-1-2-7-17-8;/h3*1-7H,(H,19,20,21);. The molecule has 0 aliphatic heterocycles. The van der Waals surface area contributed by atoms with Crippen molar-refractivity contribution in [1.29, 1.82) is 0 Å². The SMILES string of the molecule is FC(F)(F)c1nc(-c2cccc(-c3ccccn3)n2)n[nH]1.FC(F)(F)c1nc(-c2cccc(-c3ccccn3)n2)n[nH]1.FC(F)(F)c1nc(-c2cccc(-c3ccccn3)n2)n[nH]1.[Tb]. The van der Waals surface area contributed by atoms with Crippen molar-refractivity contribution in [2.75, 3.05) is 0 Å². The molecule has 0 atom stereocenters. The third-order valence-electron chi connectivity index (χ3n) is 7.98. The Kier molecular flexibility index (Phi) is 14.5. The maximum Gasteiger partial charge on any atom is 0.451 e. The van der Waals surface area contributed by atoms with Gasteiger partial charge in [0, 0.05) is 57.2 Å². The molecule has 0 unspecified atom stereocenters. The molecule has 9 heterocycles. The molecule has 0 amide bonds. The summed E-state index contributed by atoms with van der Waals surface area (Å²) in [6.45, 7) is 0. The van der Waals surface area contributed by atoms with Crippen LogP contribution in [0.2, 0.25) is 0 Å². The summed E-state index contributed by atoms with van der Waals surface area (Å²) in [5, 5.41) is 16.2. The molecule has 64 heavy (non-hydrogen) atoms. The molecule has 3 N–H and O–H groups in total. The Bertz CT molecular complexity index is 2570. The Morgan fingerprint density at radius 3 is 0.766 bits per heavy atom. The van der Waals surface area contributed by atoms with Crippen LogP contribution in [0, 0.1) is 38.6 Å². The maximum absolute atomic E-state index is 12.5. The second-order valence-corrected chi connectivity index (χ2v) is 12.4. The van der Waals surface area contributed by atoms with Gasteiger partial charge in [0.2, 0.25) is 17.5 Å². The summed E-state index contributed by atoms with van der Waals surface area (Å²) in [5.74, 6) is -3.78. The van der Waals surface area contributed by atoms with Crippen molar-refractivity contribution >= 4 is 0 Å². The zero-order valence-electron chi connectivity index (χ0n) is 31.7. The van der Waals surface area contributed by atoms with Gasteiger partial charge >= 0.3 is 18.5 Å². The average Bonchev–Trinajstić information content (AvgIpc) is 4.11. The fourth-order valence-electron chi connectivity index (χ4n) is 5.16. The Balaban J connectivity index is 0.000000158. The molecule has 25 heteroatoms. The molecule has 9 aromatic rings. The summed E-state index contributed by atoms with van der Waals surface area (Å²) in [4.78, 5) is 35.3. The van der Waals surface area contributed by atoms with Gasteiger partial charge in [-0.2, -0.15) is 54.8 Å². The van der Waals surface area contributed by atoms with Crippen LogP contribution in [0.4, 0.5) is 39.5 Å². The normalized spacial score (nSPS) is 11.4. The Labute approximate surface area is 384 Å². The first-order valence-corrected chi connectivity index (χ1v) is 17.8. The van der Waals surface area contributed by atoms with Gasteiger partial charge in [0.15, 0.2) is 17.5 Å². The number of aromatic amines is 3. The zero-order valence-corrected chi connectivity index (χ0v) is 33.9. The molecule has 0 saturated heterocycles. The van der Waals surface area contributed by atoms with E-state index < -0.39 is 36.0 Å². The molecular weight excluding hydrogens is 1010 g/mol. The molecule has 0 spiro atoms. The number of aromatic nitrogens is 15. The van der Waals surface area contributed by atoms with E-state index in [1.165, 1.54) is 18.2 Å². The van der Waals surface area contributed by atoms with Gasteiger partial charge in [-0.15, -0.1) is 0 Å². The van der Waals surface area contributed by atoms with Gasteiger partial charge in [0.25, 0.3) is 0 Å². The quantitative estimate of drug-likeness (QED) is 0.134. The third kappa shape index (κ3) is 11.9. The summed E-state index contributed by atoms with van der Waals surface area (Å²) >= 11 is 0. The first-order chi connectivity index (χ1) is 30.1. The van der Waals surface area contributed by atoms with Gasteiger partial charge in [-0.25, -0.2) is 29.9 Å². The number of hydrogen-bond donors (Lipinski definition) is 3. The molecule has 9 aromatic heterocycles. The van der Waals surface area contributed by atoms with E-state index in [1.54, 1.807) is 110 Å². The van der Waals surface area contributed by atoms with Gasteiger partial charge in [0.1, 0.15) is 17.1 Å². The summed E-state index contributed by atoms with van der Waals surface area (Å²) in [6.07, 6.45) is -8.87. The molecule has 15 nitrogen and oxygen atoms in total. The molecule has 0 saturated carbocycles. The minimum atomic E-state index is -4.57. The second kappa shape index (κ2) is 20.0. The zero-order chi connectivity index (χ0) is 44.6. The Hall–Kier alpha value is -7.02. The molecule has 0 fully saturated rings. The predicted molar refractivity (Wildman–Crippen MR) is 204 cm³/mol. The second-order valence-electron chi connectivity index (χ2n) is 12.4. The third-order valence-corrected chi connectivity index (χ3v) is 7.98. The monoisotopic (exact) mass is 1030 g/mol. The van der Waals surface area contributed by atoms with Crippen LogP contribution in [-0.2, 0) is 18.5 Å². The van der Waals surface area contributed by atoms with Crippen molar-refractivity contribution in [3.05, 3.63) is 145 Å². The van der Waals surface area contributed by atoms with Crippen LogP contribution < -0.4 is 0 Å². The van der Waals surface area contributed by atoms with E-state index >= 15 is 0 Å². The van der Waals surface area contributed by atoms with E-state index in [4.69, 9.17) is 0 Å². The molecule has 9 rings (SSSR count). The van der Waals surface area contributed by atoms with E-state index in [9.17, 15) is 39.5 Å². The predicted octanol–water partition coefficient (Wildman–Crippen LogP) is 8.84. The van der Waals surface area contributed by atoms with Crippen molar-refractivity contribution in [3.8, 4) is 68.7 Å². The van der Waals surface area contributed by atoms with Crippen molar-refractivity contribution in [2.45, 2.75) is 18.5 Å². The largest absolute Gasteiger partial charge is 0.451 e. The fraction of sp³-hybridized carbons (Fsp3) is 0.0769. The first-order valence-electron chi connectivity index (χ1n) is 17.8. The molecule has 1 radical (unpaired) electrons. The number of halogens is 9. The molecular formula is C39H24F9N15Tb. The van der Waals surface area contributed by atoms with Crippen molar-refractivity contribution in [3.63, 3.8) is 0 Å². The van der Waals surface area contributed by atoms with Gasteiger partial charge < -0.3 is 0 Å². The molecule has 0 aliphatic rings. The van der Waals surface area contributed by atoms with E-state index in [-0.39, 0.29) is 73.2 Å². The fourth-order valence-corrected chi connectivity index (χ4v) is 5.16. The van der Waals surface area contributed by atoms with Crippen LogP contribution in [0.5, 0.6) is 0 Å². The van der Waals surface area contributed by atoms with E-state index in [2.05, 4.69) is 60.2 Å². The number of nitrogens with one attached hydrogen (secondary N) is 3. The average molecular weight is 1030 g/mol. The maximum atomic E-state index is 12.5. The van der Waals surface area contributed by atoms with E-state index in [1.807, 2.05) is 15.3 Å². The topological polar surface area (TPSA) is 202 Å². The molecule has 327 valence electrons. The van der Waals surface area contributed by atoms with Gasteiger partial charge in [-0.1, -0.05) is 36.4 Å². The van der Waals surface area contributed by atoms with Crippen molar-refractivity contribution < 1.29 is 78.1 Å². The van der Waals surface area contributed by atoms with Crippen LogP contribution in [0.25, 0.3) is 68.7 Å². The van der Waals surface area contributed by atoms with Crippen LogP contribution in [0.3, 0.4) is 0 Å². The number of rotatable bonds is 6. The Morgan fingerprint density at radius 2 is 0.547 bits per heavy atom. The summed E-state index contributed by atoms with van der Waals surface area (Å²) in [5.41, 5.74) is 4.17. The van der Waals surface area contributed by atoms with Crippen LogP contribution in [0.15, 0.2) is 128 Å². The smallest absolute Gasteiger partial charge is 0.255 e. The van der Waals surface area contributed by atoms with Crippen LogP contribution >= 0.6 is 0 Å². The van der Waals surface area contributed by atoms with Gasteiger partial charge in [0.05, 0.1) is 34.2 Å². The van der Waals surface area contributed by atoms with E-state index in [0.29, 0.717) is 34.2 Å². The molecule has 0 aliphatic carbocycles. The minimum Gasteiger partial charge on any atom is -0.255 e. The number of hydrogen-bond acceptors (Lipinski definition) is 12. The van der Waals surface area contributed by atoms with Gasteiger partial charge in [-0.05, 0) is 72.8 Å². The number of alkyl halides is 9. The molecule has 0 aromatic carbocycles. The summed E-state index contributed by atoms with van der Waals surface area (Å²) < 4.78 is 112. The van der Waals surface area contributed by atoms with Crippen molar-refractivity contribution in [2.24, 2.45) is 0 Å². The first kappa shape index (κ1) is 46.5. The number of H-pyrrole nitrogens is 3. The van der Waals surface area contributed by atoms with Crippen LogP contribution in [-0.4, -0.2) is 75.4 Å². The van der Waals surface area contributed by atoms with Gasteiger partial charge in [-0.3, -0.25) is 30.2 Å². The number of pyridine rings is 6. The Morgan fingerprint density at radius 1 is 0.297 bits per heavy atom. The summed E-state index contributed by atoms with van der Waals surface area (Å²) in [6, 6.07) is 30.7. The van der Waals surface area contributed by atoms with E-state index in [0.717, 1.165) is 0 Å². The van der Waals surface area contributed by atoms with Crippen molar-refractivity contribution in [1.82, 2.24) is 75.4 Å². The number of nitrogens with zero attached hydrogens (tertiary/aromatic N) is 12.